The van der Waals surface area contributed by atoms with E-state index in [0.29, 0.717) is 13.2 Å². The van der Waals surface area contributed by atoms with Crippen LogP contribution in [0.4, 0.5) is 0 Å². The van der Waals surface area contributed by atoms with Crippen LogP contribution in [0, 0.1) is 0 Å². The molecule has 1 aliphatic heterocycles. The molecular weight excluding hydrogens is 300 g/mol. The third-order valence-corrected chi connectivity index (χ3v) is 4.76. The molecule has 2 rings (SSSR count). The van der Waals surface area contributed by atoms with E-state index in [0.717, 1.165) is 31.9 Å². The van der Waals surface area contributed by atoms with Crippen LogP contribution in [0.3, 0.4) is 0 Å². The maximum atomic E-state index is 10.3. The zero-order valence-electron chi connectivity index (χ0n) is 15.8. The van der Waals surface area contributed by atoms with Crippen molar-refractivity contribution >= 4 is 0 Å². The number of nitrogens with zero attached hydrogens (tertiary/aromatic N) is 2. The summed E-state index contributed by atoms with van der Waals surface area (Å²) in [5.41, 5.74) is 1.44. The minimum absolute atomic E-state index is 0.150. The van der Waals surface area contributed by atoms with E-state index < -0.39 is 6.10 Å². The SMILES string of the molecule is CCN1CCCN(CC(O)COc2ccc(C(C)(C)C)cc2)CC1. The summed E-state index contributed by atoms with van der Waals surface area (Å²) >= 11 is 0. The normalized spacial score (nSPS) is 19.0. The zero-order chi connectivity index (χ0) is 17.6. The molecule has 0 aliphatic carbocycles. The second-order valence-electron chi connectivity index (χ2n) is 7.83. The first-order valence-electron chi connectivity index (χ1n) is 9.24. The molecule has 0 saturated carbocycles. The van der Waals surface area contributed by atoms with Gasteiger partial charge in [-0.3, -0.25) is 4.90 Å². The standard InChI is InChI=1S/C20H34N2O2/c1-5-21-11-6-12-22(14-13-21)15-18(23)16-24-19-9-7-17(8-10-19)20(2,3)4/h7-10,18,23H,5-6,11-16H2,1-4H3. The van der Waals surface area contributed by atoms with Gasteiger partial charge in [-0.1, -0.05) is 39.8 Å². The van der Waals surface area contributed by atoms with Crippen LogP contribution in [-0.2, 0) is 5.41 Å². The molecule has 1 unspecified atom stereocenters. The van der Waals surface area contributed by atoms with E-state index in [1.165, 1.54) is 18.5 Å². The molecule has 1 fully saturated rings. The highest BCUT2D eigenvalue weighted by atomic mass is 16.5. The van der Waals surface area contributed by atoms with Gasteiger partial charge in [-0.15, -0.1) is 0 Å². The van der Waals surface area contributed by atoms with Gasteiger partial charge in [0.1, 0.15) is 18.5 Å². The van der Waals surface area contributed by atoms with E-state index in [-0.39, 0.29) is 5.41 Å². The van der Waals surface area contributed by atoms with Crippen LogP contribution >= 0.6 is 0 Å². The minimum Gasteiger partial charge on any atom is -0.491 e. The van der Waals surface area contributed by atoms with Crippen molar-refractivity contribution < 1.29 is 9.84 Å². The van der Waals surface area contributed by atoms with Crippen molar-refractivity contribution in [2.75, 3.05) is 45.9 Å². The third-order valence-electron chi connectivity index (χ3n) is 4.76. The highest BCUT2D eigenvalue weighted by Gasteiger charge is 2.17. The summed E-state index contributed by atoms with van der Waals surface area (Å²) in [7, 11) is 0. The van der Waals surface area contributed by atoms with E-state index in [1.807, 2.05) is 12.1 Å². The molecule has 24 heavy (non-hydrogen) atoms. The lowest BCUT2D eigenvalue weighted by Gasteiger charge is -2.24. The number of β-amino-alcohol motifs (C(OH)–C–C–N with tert-alkyl or cyclic N) is 1. The monoisotopic (exact) mass is 334 g/mol. The van der Waals surface area contributed by atoms with E-state index in [9.17, 15) is 5.11 Å². The molecular formula is C20H34N2O2. The molecule has 0 radical (unpaired) electrons. The second-order valence-corrected chi connectivity index (χ2v) is 7.83. The van der Waals surface area contributed by atoms with Crippen LogP contribution in [0.5, 0.6) is 5.75 Å². The minimum atomic E-state index is -0.444. The highest BCUT2D eigenvalue weighted by Crippen LogP contribution is 2.24. The van der Waals surface area contributed by atoms with Crippen molar-refractivity contribution in [1.29, 1.82) is 0 Å². The van der Waals surface area contributed by atoms with Crippen LogP contribution in [0.1, 0.15) is 39.7 Å². The number of likely N-dealkylation sites (N-methyl/N-ethyl adjacent to an activating group) is 1. The smallest absolute Gasteiger partial charge is 0.119 e. The van der Waals surface area contributed by atoms with Crippen LogP contribution in [0.15, 0.2) is 24.3 Å². The maximum Gasteiger partial charge on any atom is 0.119 e. The summed E-state index contributed by atoms with van der Waals surface area (Å²) < 4.78 is 5.76. The molecule has 1 saturated heterocycles. The fraction of sp³-hybridized carbons (Fsp3) is 0.700. The summed E-state index contributed by atoms with van der Waals surface area (Å²) in [5, 5.41) is 10.3. The van der Waals surface area contributed by atoms with Gasteiger partial charge >= 0.3 is 0 Å². The Labute approximate surface area is 147 Å². The molecule has 0 aromatic heterocycles. The average molecular weight is 335 g/mol. The topological polar surface area (TPSA) is 35.9 Å². The molecule has 0 amide bonds. The van der Waals surface area contributed by atoms with Crippen molar-refractivity contribution in [1.82, 2.24) is 9.80 Å². The number of benzene rings is 1. The van der Waals surface area contributed by atoms with Crippen LogP contribution in [-0.4, -0.2) is 66.9 Å². The van der Waals surface area contributed by atoms with Gasteiger partial charge in [0, 0.05) is 19.6 Å². The van der Waals surface area contributed by atoms with Crippen molar-refractivity contribution in [3.8, 4) is 5.75 Å². The van der Waals surface area contributed by atoms with Crippen molar-refractivity contribution in [2.45, 2.75) is 45.6 Å². The molecule has 1 atom stereocenters. The fourth-order valence-corrected chi connectivity index (χ4v) is 3.12. The second kappa shape index (κ2) is 8.84. The molecule has 1 heterocycles. The predicted molar refractivity (Wildman–Crippen MR) is 99.8 cm³/mol. The van der Waals surface area contributed by atoms with Crippen molar-refractivity contribution in [2.24, 2.45) is 0 Å². The van der Waals surface area contributed by atoms with Gasteiger partial charge in [-0.05, 0) is 49.2 Å². The summed E-state index contributed by atoms with van der Waals surface area (Å²) in [6.07, 6.45) is 0.732. The van der Waals surface area contributed by atoms with Gasteiger partial charge in [0.05, 0.1) is 0 Å². The average Bonchev–Trinajstić information content (AvgIpc) is 2.77. The number of aliphatic hydroxyl groups is 1. The van der Waals surface area contributed by atoms with Crippen LogP contribution < -0.4 is 4.74 Å². The third kappa shape index (κ3) is 6.08. The van der Waals surface area contributed by atoms with Crippen molar-refractivity contribution in [3.63, 3.8) is 0 Å². The lowest BCUT2D eigenvalue weighted by Crippen LogP contribution is -2.38. The molecule has 4 nitrogen and oxygen atoms in total. The van der Waals surface area contributed by atoms with E-state index in [2.05, 4.69) is 49.6 Å². The molecule has 1 aliphatic rings. The highest BCUT2D eigenvalue weighted by molar-refractivity contribution is 5.31. The zero-order valence-corrected chi connectivity index (χ0v) is 15.8. The Morgan fingerprint density at radius 2 is 1.67 bits per heavy atom. The Kier molecular flexibility index (Phi) is 7.08. The van der Waals surface area contributed by atoms with Gasteiger partial charge in [-0.25, -0.2) is 0 Å². The Balaban J connectivity index is 1.75. The molecule has 0 spiro atoms. The first-order chi connectivity index (χ1) is 11.4. The van der Waals surface area contributed by atoms with Crippen LogP contribution in [0.2, 0.25) is 0 Å². The first-order valence-corrected chi connectivity index (χ1v) is 9.24. The number of rotatable bonds is 6. The predicted octanol–water partition coefficient (Wildman–Crippen LogP) is 2.75. The first kappa shape index (κ1) is 19.2. The lowest BCUT2D eigenvalue weighted by molar-refractivity contribution is 0.0694. The fourth-order valence-electron chi connectivity index (χ4n) is 3.12. The lowest BCUT2D eigenvalue weighted by atomic mass is 9.87. The number of hydrogen-bond donors (Lipinski definition) is 1. The Hall–Kier alpha value is -1.10. The molecule has 4 heteroatoms. The molecule has 1 aromatic rings. The Morgan fingerprint density at radius 1 is 1.04 bits per heavy atom. The van der Waals surface area contributed by atoms with Crippen molar-refractivity contribution in [3.05, 3.63) is 29.8 Å². The van der Waals surface area contributed by atoms with Gasteiger partial charge < -0.3 is 14.7 Å². The summed E-state index contributed by atoms with van der Waals surface area (Å²) in [5.74, 6) is 0.829. The quantitative estimate of drug-likeness (QED) is 0.868. The number of aliphatic hydroxyl groups excluding tert-OH is 1. The molecule has 1 N–H and O–H groups in total. The van der Waals surface area contributed by atoms with Gasteiger partial charge in [0.2, 0.25) is 0 Å². The number of ether oxygens (including phenoxy) is 1. The molecule has 136 valence electrons. The number of hydrogen-bond acceptors (Lipinski definition) is 4. The van der Waals surface area contributed by atoms with E-state index in [4.69, 9.17) is 4.74 Å². The van der Waals surface area contributed by atoms with Crippen LogP contribution in [0.25, 0.3) is 0 Å². The van der Waals surface area contributed by atoms with Gasteiger partial charge in [0.15, 0.2) is 0 Å². The summed E-state index contributed by atoms with van der Waals surface area (Å²) in [6.45, 7) is 15.3. The Morgan fingerprint density at radius 3 is 2.29 bits per heavy atom. The van der Waals surface area contributed by atoms with Gasteiger partial charge in [0.25, 0.3) is 0 Å². The largest absolute Gasteiger partial charge is 0.491 e. The van der Waals surface area contributed by atoms with E-state index >= 15 is 0 Å². The Bertz CT molecular complexity index is 481. The summed E-state index contributed by atoms with van der Waals surface area (Å²) in [4.78, 5) is 4.83. The molecule has 0 bridgehead atoms. The molecule has 1 aromatic carbocycles. The summed E-state index contributed by atoms with van der Waals surface area (Å²) in [6, 6.07) is 8.21. The van der Waals surface area contributed by atoms with Gasteiger partial charge in [-0.2, -0.15) is 0 Å². The van der Waals surface area contributed by atoms with E-state index in [1.54, 1.807) is 0 Å². The maximum absolute atomic E-state index is 10.3.